The van der Waals surface area contributed by atoms with Gasteiger partial charge in [-0.3, -0.25) is 20.2 Å². The fourth-order valence-corrected chi connectivity index (χ4v) is 1.57. The van der Waals surface area contributed by atoms with Crippen molar-refractivity contribution in [3.05, 3.63) is 24.3 Å². The van der Waals surface area contributed by atoms with Crippen LogP contribution in [0.1, 0.15) is 0 Å². The van der Waals surface area contributed by atoms with Crippen LogP contribution in [0.5, 0.6) is 5.75 Å². The molecule has 0 bridgehead atoms. The second-order valence-electron chi connectivity index (χ2n) is 3.59. The third-order valence-electron chi connectivity index (χ3n) is 2.40. The van der Waals surface area contributed by atoms with Crippen LogP contribution in [0.25, 0.3) is 0 Å². The Morgan fingerprint density at radius 1 is 1.11 bits per heavy atom. The summed E-state index contributed by atoms with van der Waals surface area (Å²) in [6, 6.07) is 4.85. The molecule has 1 aromatic carbocycles. The summed E-state index contributed by atoms with van der Waals surface area (Å²) in [4.78, 5) is 33.9. The van der Waals surface area contributed by atoms with Gasteiger partial charge in [0.05, 0.1) is 12.8 Å². The number of carbonyl (C=O) groups excluding carboxylic acids is 3. The van der Waals surface area contributed by atoms with Crippen molar-refractivity contribution in [2.75, 3.05) is 12.4 Å². The van der Waals surface area contributed by atoms with Gasteiger partial charge in [-0.25, -0.2) is 4.79 Å². The topological polar surface area (TPSA) is 96.5 Å². The van der Waals surface area contributed by atoms with Crippen molar-refractivity contribution in [2.24, 2.45) is 0 Å². The van der Waals surface area contributed by atoms with Gasteiger partial charge in [-0.1, -0.05) is 12.1 Å². The van der Waals surface area contributed by atoms with Gasteiger partial charge in [-0.2, -0.15) is 0 Å². The van der Waals surface area contributed by atoms with Gasteiger partial charge in [0.15, 0.2) is 6.04 Å². The molecule has 7 heteroatoms. The molecule has 1 aliphatic heterocycles. The number of imide groups is 2. The summed E-state index contributed by atoms with van der Waals surface area (Å²) in [5.41, 5.74) is 0.490. The summed E-state index contributed by atoms with van der Waals surface area (Å²) in [6.45, 7) is 0. The number of methoxy groups -OCH3 is 1. The molecule has 0 aromatic heterocycles. The molecule has 2 rings (SSSR count). The molecule has 18 heavy (non-hydrogen) atoms. The smallest absolute Gasteiger partial charge is 0.328 e. The number of anilines is 1. The Balaban J connectivity index is 2.20. The molecule has 1 heterocycles. The van der Waals surface area contributed by atoms with Crippen LogP contribution in [0.15, 0.2) is 24.3 Å². The van der Waals surface area contributed by atoms with Crippen LogP contribution in [-0.2, 0) is 9.59 Å². The van der Waals surface area contributed by atoms with Gasteiger partial charge in [0, 0.05) is 0 Å². The lowest BCUT2D eigenvalue weighted by atomic mass is 10.2. The number of urea groups is 1. The molecular formula is C11H11N3O4. The Morgan fingerprint density at radius 2 is 1.72 bits per heavy atom. The Morgan fingerprint density at radius 3 is 2.33 bits per heavy atom. The molecule has 4 amide bonds. The molecule has 1 aliphatic rings. The van der Waals surface area contributed by atoms with E-state index >= 15 is 0 Å². The molecular weight excluding hydrogens is 238 g/mol. The summed E-state index contributed by atoms with van der Waals surface area (Å²) in [5, 5.41) is 6.73. The van der Waals surface area contributed by atoms with Crippen LogP contribution < -0.4 is 20.7 Å². The minimum Gasteiger partial charge on any atom is -0.495 e. The summed E-state index contributed by atoms with van der Waals surface area (Å²) in [7, 11) is 1.48. The first-order chi connectivity index (χ1) is 8.61. The van der Waals surface area contributed by atoms with Crippen LogP contribution in [-0.4, -0.2) is 31.0 Å². The molecule has 3 N–H and O–H groups in total. The number of hydrogen-bond acceptors (Lipinski definition) is 5. The average Bonchev–Trinajstić information content (AvgIpc) is 2.34. The highest BCUT2D eigenvalue weighted by Gasteiger charge is 2.34. The molecule has 7 nitrogen and oxygen atoms in total. The molecule has 0 aliphatic carbocycles. The standard InChI is InChI=1S/C11H11N3O4/c1-18-7-5-3-2-4-6(7)12-8-9(15)13-11(17)14-10(8)16/h2-5,8,12H,1H3,(H2,13,14,15,16,17). The van der Waals surface area contributed by atoms with Crippen molar-refractivity contribution >= 4 is 23.5 Å². The minimum atomic E-state index is -1.17. The summed E-state index contributed by atoms with van der Waals surface area (Å²) in [6.07, 6.45) is 0. The van der Waals surface area contributed by atoms with Crippen LogP contribution in [0, 0.1) is 0 Å². The summed E-state index contributed by atoms with van der Waals surface area (Å²) < 4.78 is 5.09. The van der Waals surface area contributed by atoms with Gasteiger partial charge in [0.2, 0.25) is 0 Å². The van der Waals surface area contributed by atoms with Gasteiger partial charge >= 0.3 is 6.03 Å². The zero-order chi connectivity index (χ0) is 13.1. The second-order valence-corrected chi connectivity index (χ2v) is 3.59. The van der Waals surface area contributed by atoms with E-state index in [1.54, 1.807) is 24.3 Å². The van der Waals surface area contributed by atoms with E-state index < -0.39 is 23.9 Å². The van der Waals surface area contributed by atoms with E-state index in [4.69, 9.17) is 4.74 Å². The van der Waals surface area contributed by atoms with E-state index in [1.165, 1.54) is 7.11 Å². The third-order valence-corrected chi connectivity index (χ3v) is 2.40. The monoisotopic (exact) mass is 249 g/mol. The lowest BCUT2D eigenvalue weighted by Crippen LogP contribution is -2.61. The molecule has 94 valence electrons. The lowest BCUT2D eigenvalue weighted by Gasteiger charge is -2.23. The maximum atomic E-state index is 11.5. The highest BCUT2D eigenvalue weighted by Crippen LogP contribution is 2.24. The van der Waals surface area contributed by atoms with Crippen molar-refractivity contribution in [3.63, 3.8) is 0 Å². The highest BCUT2D eigenvalue weighted by molar-refractivity contribution is 6.20. The summed E-state index contributed by atoms with van der Waals surface area (Å²) in [5.74, 6) is -0.903. The molecule has 0 unspecified atom stereocenters. The van der Waals surface area contributed by atoms with Crippen molar-refractivity contribution in [1.82, 2.24) is 10.6 Å². The fourth-order valence-electron chi connectivity index (χ4n) is 1.57. The molecule has 0 atom stereocenters. The van der Waals surface area contributed by atoms with Gasteiger partial charge in [0.1, 0.15) is 5.75 Å². The largest absolute Gasteiger partial charge is 0.495 e. The molecule has 0 saturated carbocycles. The quantitative estimate of drug-likeness (QED) is 0.647. The number of nitrogens with one attached hydrogen (secondary N) is 3. The number of para-hydroxylation sites is 2. The SMILES string of the molecule is COc1ccccc1NC1C(=O)NC(=O)NC1=O. The predicted molar refractivity (Wildman–Crippen MR) is 62.1 cm³/mol. The minimum absolute atomic E-state index is 0.490. The van der Waals surface area contributed by atoms with Gasteiger partial charge in [0.25, 0.3) is 11.8 Å². The normalized spacial score (nSPS) is 15.9. The first-order valence-electron chi connectivity index (χ1n) is 5.17. The number of amides is 4. The van der Waals surface area contributed by atoms with Crippen molar-refractivity contribution in [1.29, 1.82) is 0 Å². The van der Waals surface area contributed by atoms with Crippen LogP contribution in [0.4, 0.5) is 10.5 Å². The van der Waals surface area contributed by atoms with E-state index in [9.17, 15) is 14.4 Å². The molecule has 1 saturated heterocycles. The molecule has 1 aromatic rings. The van der Waals surface area contributed by atoms with Gasteiger partial charge < -0.3 is 10.1 Å². The molecule has 0 spiro atoms. The van der Waals surface area contributed by atoms with E-state index in [-0.39, 0.29) is 0 Å². The molecule has 1 fully saturated rings. The first-order valence-corrected chi connectivity index (χ1v) is 5.17. The fraction of sp³-hybridized carbons (Fsp3) is 0.182. The Hall–Kier alpha value is -2.57. The Bertz CT molecular complexity index is 495. The number of ether oxygens (including phenoxy) is 1. The van der Waals surface area contributed by atoms with Crippen molar-refractivity contribution in [3.8, 4) is 5.75 Å². The average molecular weight is 249 g/mol. The van der Waals surface area contributed by atoms with E-state index in [1.807, 2.05) is 10.6 Å². The number of hydrogen-bond donors (Lipinski definition) is 3. The number of carbonyl (C=O) groups is 3. The molecule has 0 radical (unpaired) electrons. The predicted octanol–water partition coefficient (Wildman–Crippen LogP) is -0.158. The van der Waals surface area contributed by atoms with Crippen molar-refractivity contribution < 1.29 is 19.1 Å². The summed E-state index contributed by atoms with van der Waals surface area (Å²) >= 11 is 0. The van der Waals surface area contributed by atoms with E-state index in [2.05, 4.69) is 5.32 Å². The van der Waals surface area contributed by atoms with Gasteiger partial charge in [-0.15, -0.1) is 0 Å². The maximum absolute atomic E-state index is 11.5. The van der Waals surface area contributed by atoms with Gasteiger partial charge in [-0.05, 0) is 12.1 Å². The zero-order valence-corrected chi connectivity index (χ0v) is 9.52. The third kappa shape index (κ3) is 2.24. The lowest BCUT2D eigenvalue weighted by molar-refractivity contribution is -0.130. The van der Waals surface area contributed by atoms with E-state index in [0.717, 1.165) is 0 Å². The van der Waals surface area contributed by atoms with Crippen LogP contribution in [0.2, 0.25) is 0 Å². The zero-order valence-electron chi connectivity index (χ0n) is 9.52. The number of barbiturate groups is 1. The number of rotatable bonds is 3. The van der Waals surface area contributed by atoms with E-state index in [0.29, 0.717) is 11.4 Å². The Labute approximate surface area is 102 Å². The first kappa shape index (κ1) is 11.9. The van der Waals surface area contributed by atoms with Crippen LogP contribution in [0.3, 0.4) is 0 Å². The maximum Gasteiger partial charge on any atom is 0.328 e. The Kier molecular flexibility index (Phi) is 3.13. The number of benzene rings is 1. The van der Waals surface area contributed by atoms with Crippen molar-refractivity contribution in [2.45, 2.75) is 6.04 Å². The van der Waals surface area contributed by atoms with Crippen LogP contribution >= 0.6 is 0 Å². The highest BCUT2D eigenvalue weighted by atomic mass is 16.5. The second kappa shape index (κ2) is 4.74.